The van der Waals surface area contributed by atoms with E-state index in [0.29, 0.717) is 0 Å². The van der Waals surface area contributed by atoms with E-state index in [2.05, 4.69) is 0 Å². The molecule has 0 saturated carbocycles. The molecule has 0 aromatic heterocycles. The summed E-state index contributed by atoms with van der Waals surface area (Å²) in [7, 11) is 1.57. The van der Waals surface area contributed by atoms with E-state index in [9.17, 15) is 5.11 Å². The molecule has 0 bridgehead atoms. The van der Waals surface area contributed by atoms with Crippen molar-refractivity contribution in [2.75, 3.05) is 13.7 Å². The van der Waals surface area contributed by atoms with E-state index in [1.54, 1.807) is 7.11 Å². The Morgan fingerprint density at radius 1 is 1.31 bits per heavy atom. The van der Waals surface area contributed by atoms with Crippen molar-refractivity contribution in [2.45, 2.75) is 32.3 Å². The fourth-order valence-electron chi connectivity index (χ4n) is 1.70. The average molecular weight is 190 g/mol. The lowest BCUT2D eigenvalue weighted by molar-refractivity contribution is -0.260. The summed E-state index contributed by atoms with van der Waals surface area (Å²) in [4.78, 5) is 0. The van der Waals surface area contributed by atoms with Crippen LogP contribution in [-0.2, 0) is 9.47 Å². The van der Waals surface area contributed by atoms with Crippen LogP contribution in [0, 0.1) is 11.8 Å². The first kappa shape index (κ1) is 10.9. The summed E-state index contributed by atoms with van der Waals surface area (Å²) in [6.45, 7) is 3.74. The van der Waals surface area contributed by atoms with Crippen molar-refractivity contribution >= 4 is 0 Å². The number of methoxy groups -OCH3 is 1. The van der Waals surface area contributed by atoms with E-state index < -0.39 is 12.2 Å². The maximum absolute atomic E-state index is 9.68. The fourth-order valence-corrected chi connectivity index (χ4v) is 1.70. The Hall–Kier alpha value is -0.160. The summed E-state index contributed by atoms with van der Waals surface area (Å²) < 4.78 is 10.5. The molecule has 5 atom stereocenters. The van der Waals surface area contributed by atoms with Gasteiger partial charge in [0.05, 0.1) is 12.7 Å². The lowest BCUT2D eigenvalue weighted by Crippen LogP contribution is -2.51. The predicted molar refractivity (Wildman–Crippen MR) is 47.1 cm³/mol. The normalized spacial score (nSPS) is 46.4. The van der Waals surface area contributed by atoms with Gasteiger partial charge in [0.25, 0.3) is 0 Å². The fraction of sp³-hybridized carbons (Fsp3) is 1.00. The van der Waals surface area contributed by atoms with E-state index in [1.807, 2.05) is 13.8 Å². The summed E-state index contributed by atoms with van der Waals surface area (Å²) in [6, 6.07) is 0. The highest BCUT2D eigenvalue weighted by molar-refractivity contribution is 4.84. The van der Waals surface area contributed by atoms with Crippen LogP contribution in [0.3, 0.4) is 0 Å². The standard InChI is InChI=1S/C9H18O4/c1-5-6(2)9(12-3)13-7(4-10)8(5)11/h5-11H,4H2,1-3H3/t5-,6+,7?,8+,9?/m1/s1. The molecule has 78 valence electrons. The second-order valence-corrected chi connectivity index (χ2v) is 3.67. The van der Waals surface area contributed by atoms with Crippen molar-refractivity contribution in [1.82, 2.24) is 0 Å². The Balaban J connectivity index is 2.66. The minimum atomic E-state index is -0.605. The number of ether oxygens (including phenoxy) is 2. The monoisotopic (exact) mass is 190 g/mol. The molecular weight excluding hydrogens is 172 g/mol. The van der Waals surface area contributed by atoms with Gasteiger partial charge in [0.15, 0.2) is 6.29 Å². The molecule has 4 heteroatoms. The van der Waals surface area contributed by atoms with Gasteiger partial charge in [0.2, 0.25) is 0 Å². The Bertz CT molecular complexity index is 142. The van der Waals surface area contributed by atoms with Crippen molar-refractivity contribution < 1.29 is 19.7 Å². The SMILES string of the molecule is COC1OC(CO)[C@@H](O)[C@H](C)[C@@H]1C. The largest absolute Gasteiger partial charge is 0.394 e. The van der Waals surface area contributed by atoms with Gasteiger partial charge in [-0.25, -0.2) is 0 Å². The number of hydrogen-bond acceptors (Lipinski definition) is 4. The maximum atomic E-state index is 9.68. The first-order valence-electron chi connectivity index (χ1n) is 4.59. The van der Waals surface area contributed by atoms with Crippen LogP contribution in [0.4, 0.5) is 0 Å². The minimum absolute atomic E-state index is 0.0795. The lowest BCUT2D eigenvalue weighted by Gasteiger charge is -2.41. The maximum Gasteiger partial charge on any atom is 0.160 e. The van der Waals surface area contributed by atoms with Gasteiger partial charge in [-0.1, -0.05) is 13.8 Å². The summed E-state index contributed by atoms with van der Waals surface area (Å²) in [5.41, 5.74) is 0. The zero-order valence-electron chi connectivity index (χ0n) is 8.30. The molecule has 4 nitrogen and oxygen atoms in total. The number of aliphatic hydroxyl groups excluding tert-OH is 2. The first-order chi connectivity index (χ1) is 6.11. The molecule has 0 amide bonds. The smallest absolute Gasteiger partial charge is 0.160 e. The molecule has 1 saturated heterocycles. The number of aliphatic hydroxyl groups is 2. The van der Waals surface area contributed by atoms with Gasteiger partial charge in [-0.3, -0.25) is 0 Å². The zero-order chi connectivity index (χ0) is 10.0. The van der Waals surface area contributed by atoms with Crippen LogP contribution < -0.4 is 0 Å². The molecule has 0 aliphatic carbocycles. The highest BCUT2D eigenvalue weighted by atomic mass is 16.7. The second-order valence-electron chi connectivity index (χ2n) is 3.67. The van der Waals surface area contributed by atoms with Crippen LogP contribution >= 0.6 is 0 Å². The van der Waals surface area contributed by atoms with Crippen molar-refractivity contribution in [3.8, 4) is 0 Å². The molecule has 1 aliphatic heterocycles. The molecule has 0 aromatic carbocycles. The third-order valence-corrected chi connectivity index (χ3v) is 2.90. The highest BCUT2D eigenvalue weighted by Crippen LogP contribution is 2.30. The summed E-state index contributed by atoms with van der Waals surface area (Å²) in [5, 5.41) is 18.6. The number of hydrogen-bond donors (Lipinski definition) is 2. The highest BCUT2D eigenvalue weighted by Gasteiger charge is 2.40. The Labute approximate surface area is 78.5 Å². The predicted octanol–water partition coefficient (Wildman–Crippen LogP) is -0.0169. The first-order valence-corrected chi connectivity index (χ1v) is 4.59. The molecular formula is C9H18O4. The third-order valence-electron chi connectivity index (χ3n) is 2.90. The summed E-state index contributed by atoms with van der Waals surface area (Å²) >= 11 is 0. The molecule has 1 aliphatic rings. The van der Waals surface area contributed by atoms with Gasteiger partial charge < -0.3 is 19.7 Å². The third kappa shape index (κ3) is 2.02. The van der Waals surface area contributed by atoms with Crippen molar-refractivity contribution in [2.24, 2.45) is 11.8 Å². The van der Waals surface area contributed by atoms with Crippen LogP contribution in [0.25, 0.3) is 0 Å². The van der Waals surface area contributed by atoms with Gasteiger partial charge >= 0.3 is 0 Å². The molecule has 1 rings (SSSR count). The average Bonchev–Trinajstić information content (AvgIpc) is 2.15. The lowest BCUT2D eigenvalue weighted by atomic mass is 9.85. The van der Waals surface area contributed by atoms with Crippen LogP contribution in [0.1, 0.15) is 13.8 Å². The topological polar surface area (TPSA) is 58.9 Å². The van der Waals surface area contributed by atoms with Crippen molar-refractivity contribution in [1.29, 1.82) is 0 Å². The summed E-state index contributed by atoms with van der Waals surface area (Å²) in [6.07, 6.45) is -1.45. The summed E-state index contributed by atoms with van der Waals surface area (Å²) in [5.74, 6) is 0.221. The Morgan fingerprint density at radius 2 is 1.92 bits per heavy atom. The van der Waals surface area contributed by atoms with Crippen molar-refractivity contribution in [3.05, 3.63) is 0 Å². The molecule has 2 unspecified atom stereocenters. The van der Waals surface area contributed by atoms with Crippen LogP contribution in [0.5, 0.6) is 0 Å². The Kier molecular flexibility index (Phi) is 3.67. The molecule has 0 spiro atoms. The van der Waals surface area contributed by atoms with E-state index in [-0.39, 0.29) is 24.7 Å². The van der Waals surface area contributed by atoms with Gasteiger partial charge in [0.1, 0.15) is 6.10 Å². The molecule has 0 aromatic rings. The van der Waals surface area contributed by atoms with E-state index in [1.165, 1.54) is 0 Å². The van der Waals surface area contributed by atoms with Gasteiger partial charge in [0, 0.05) is 13.0 Å². The molecule has 2 N–H and O–H groups in total. The van der Waals surface area contributed by atoms with Crippen LogP contribution in [0.15, 0.2) is 0 Å². The van der Waals surface area contributed by atoms with E-state index >= 15 is 0 Å². The van der Waals surface area contributed by atoms with Gasteiger partial charge in [-0.15, -0.1) is 0 Å². The minimum Gasteiger partial charge on any atom is -0.394 e. The molecule has 13 heavy (non-hydrogen) atoms. The zero-order valence-corrected chi connectivity index (χ0v) is 8.30. The molecule has 1 fully saturated rings. The van der Waals surface area contributed by atoms with E-state index in [4.69, 9.17) is 14.6 Å². The van der Waals surface area contributed by atoms with Gasteiger partial charge in [-0.2, -0.15) is 0 Å². The quantitative estimate of drug-likeness (QED) is 0.642. The van der Waals surface area contributed by atoms with Crippen molar-refractivity contribution in [3.63, 3.8) is 0 Å². The van der Waals surface area contributed by atoms with E-state index in [0.717, 1.165) is 0 Å². The second kappa shape index (κ2) is 4.37. The van der Waals surface area contributed by atoms with Crippen LogP contribution in [0.2, 0.25) is 0 Å². The molecule has 0 radical (unpaired) electrons. The number of rotatable bonds is 2. The van der Waals surface area contributed by atoms with Crippen LogP contribution in [-0.4, -0.2) is 42.4 Å². The molecule has 1 heterocycles. The van der Waals surface area contributed by atoms with Gasteiger partial charge in [-0.05, 0) is 5.92 Å². The Morgan fingerprint density at radius 3 is 2.38 bits per heavy atom.